The van der Waals surface area contributed by atoms with Gasteiger partial charge in [-0.3, -0.25) is 0 Å². The van der Waals surface area contributed by atoms with Crippen LogP contribution in [0, 0.1) is 5.92 Å². The normalized spacial score (nSPS) is 29.8. The molecule has 1 aliphatic heterocycles. The maximum absolute atomic E-state index is 12.8. The first-order valence-electron chi connectivity index (χ1n) is 4.58. The molecule has 0 radical (unpaired) electrons. The average molecular weight is 209 g/mol. The molecule has 0 aliphatic carbocycles. The van der Waals surface area contributed by atoms with Crippen LogP contribution in [-0.2, 0) is 9.84 Å². The van der Waals surface area contributed by atoms with Crippen molar-refractivity contribution in [3.8, 4) is 0 Å². The fourth-order valence-electron chi connectivity index (χ4n) is 1.76. The van der Waals surface area contributed by atoms with E-state index in [1.165, 1.54) is 0 Å². The Balaban J connectivity index is 2.43. The Morgan fingerprint density at radius 1 is 1.54 bits per heavy atom. The number of hydrogen-bond acceptors (Lipinski definition) is 3. The molecule has 2 N–H and O–H groups in total. The third kappa shape index (κ3) is 3.60. The quantitative estimate of drug-likeness (QED) is 0.736. The second-order valence-corrected chi connectivity index (χ2v) is 5.92. The maximum atomic E-state index is 12.8. The maximum Gasteiger partial charge on any atom is 0.150 e. The fraction of sp³-hybridized carbons (Fsp3) is 1.00. The molecule has 1 aliphatic rings. The van der Waals surface area contributed by atoms with Gasteiger partial charge in [0.25, 0.3) is 0 Å². The first kappa shape index (κ1) is 10.9. The second-order valence-electron chi connectivity index (χ2n) is 3.69. The van der Waals surface area contributed by atoms with Crippen molar-refractivity contribution in [3.63, 3.8) is 0 Å². The Morgan fingerprint density at radius 2 is 2.23 bits per heavy atom. The van der Waals surface area contributed by atoms with Crippen molar-refractivity contribution >= 4 is 9.84 Å². The van der Waals surface area contributed by atoms with Crippen molar-refractivity contribution in [2.45, 2.75) is 25.4 Å². The molecule has 2 atom stereocenters. The van der Waals surface area contributed by atoms with Crippen LogP contribution in [-0.4, -0.2) is 32.6 Å². The summed E-state index contributed by atoms with van der Waals surface area (Å²) < 4.78 is 35.2. The summed E-state index contributed by atoms with van der Waals surface area (Å²) in [4.78, 5) is 0. The molecule has 1 saturated heterocycles. The fourth-order valence-corrected chi connectivity index (χ4v) is 3.56. The number of nitrogens with two attached hydrogens (primary N) is 1. The molecule has 3 nitrogen and oxygen atoms in total. The van der Waals surface area contributed by atoms with Crippen LogP contribution in [0.5, 0.6) is 0 Å². The van der Waals surface area contributed by atoms with Crippen molar-refractivity contribution in [2.24, 2.45) is 11.7 Å². The zero-order chi connectivity index (χ0) is 9.90. The van der Waals surface area contributed by atoms with Crippen molar-refractivity contribution in [2.75, 3.05) is 18.1 Å². The minimum absolute atomic E-state index is 0.00342. The number of sulfone groups is 1. The first-order valence-corrected chi connectivity index (χ1v) is 6.40. The predicted molar refractivity (Wildman–Crippen MR) is 49.9 cm³/mol. The van der Waals surface area contributed by atoms with E-state index in [9.17, 15) is 12.8 Å². The number of hydrogen-bond donors (Lipinski definition) is 1. The van der Waals surface area contributed by atoms with Crippen LogP contribution in [0.15, 0.2) is 0 Å². The van der Waals surface area contributed by atoms with Crippen LogP contribution in [0.2, 0.25) is 0 Å². The Bertz CT molecular complexity index is 253. The topological polar surface area (TPSA) is 60.2 Å². The van der Waals surface area contributed by atoms with Crippen molar-refractivity contribution in [1.82, 2.24) is 0 Å². The summed E-state index contributed by atoms with van der Waals surface area (Å²) in [5, 5.41) is 0. The smallest absolute Gasteiger partial charge is 0.150 e. The van der Waals surface area contributed by atoms with Crippen LogP contribution in [0.4, 0.5) is 4.39 Å². The van der Waals surface area contributed by atoms with Crippen molar-refractivity contribution in [3.05, 3.63) is 0 Å². The Morgan fingerprint density at radius 3 is 2.77 bits per heavy atom. The van der Waals surface area contributed by atoms with Crippen LogP contribution in [0.1, 0.15) is 19.3 Å². The van der Waals surface area contributed by atoms with Gasteiger partial charge in [0.1, 0.15) is 6.17 Å². The van der Waals surface area contributed by atoms with Gasteiger partial charge in [0.2, 0.25) is 0 Å². The summed E-state index contributed by atoms with van der Waals surface area (Å²) in [6.45, 7) is -0.00342. The highest BCUT2D eigenvalue weighted by molar-refractivity contribution is 7.91. The lowest BCUT2D eigenvalue weighted by Gasteiger charge is -2.22. The second kappa shape index (κ2) is 4.37. The minimum Gasteiger partial charge on any atom is -0.328 e. The molecule has 78 valence electrons. The molecule has 0 saturated carbocycles. The van der Waals surface area contributed by atoms with Gasteiger partial charge < -0.3 is 5.73 Å². The van der Waals surface area contributed by atoms with E-state index < -0.39 is 16.0 Å². The van der Waals surface area contributed by atoms with E-state index in [1.54, 1.807) is 0 Å². The summed E-state index contributed by atoms with van der Waals surface area (Å²) in [6.07, 6.45) is 0.748. The van der Waals surface area contributed by atoms with Gasteiger partial charge in [0.05, 0.1) is 11.5 Å². The molecule has 13 heavy (non-hydrogen) atoms. The molecule has 0 aromatic heterocycles. The molecule has 1 heterocycles. The molecule has 2 unspecified atom stereocenters. The SMILES string of the molecule is NCC(F)CC1CCCS(=O)(=O)C1. The number of alkyl halides is 1. The molecule has 5 heteroatoms. The van der Waals surface area contributed by atoms with Gasteiger partial charge >= 0.3 is 0 Å². The van der Waals surface area contributed by atoms with Crippen molar-refractivity contribution < 1.29 is 12.8 Å². The lowest BCUT2D eigenvalue weighted by Crippen LogP contribution is -2.29. The Hall–Kier alpha value is -0.160. The summed E-state index contributed by atoms with van der Waals surface area (Å²) in [7, 11) is -2.89. The molecule has 0 spiro atoms. The van der Waals surface area contributed by atoms with Gasteiger partial charge in [-0.15, -0.1) is 0 Å². The largest absolute Gasteiger partial charge is 0.328 e. The minimum atomic E-state index is -2.89. The lowest BCUT2D eigenvalue weighted by molar-refractivity contribution is 0.273. The summed E-state index contributed by atoms with van der Waals surface area (Å²) in [6, 6.07) is 0. The Kier molecular flexibility index (Phi) is 3.67. The predicted octanol–water partition coefficient (Wildman–Crippen LogP) is 0.498. The molecule has 1 fully saturated rings. The molecule has 0 aromatic rings. The highest BCUT2D eigenvalue weighted by Gasteiger charge is 2.26. The lowest BCUT2D eigenvalue weighted by atomic mass is 9.99. The zero-order valence-electron chi connectivity index (χ0n) is 7.58. The van der Waals surface area contributed by atoms with E-state index in [0.29, 0.717) is 12.8 Å². The summed E-state index contributed by atoms with van der Waals surface area (Å²) >= 11 is 0. The molecular weight excluding hydrogens is 193 g/mol. The number of rotatable bonds is 3. The third-order valence-electron chi connectivity index (χ3n) is 2.40. The molecule has 0 amide bonds. The molecule has 1 rings (SSSR count). The van der Waals surface area contributed by atoms with Gasteiger partial charge in [0, 0.05) is 6.54 Å². The molecular formula is C8H16FNO2S. The monoisotopic (exact) mass is 209 g/mol. The standard InChI is InChI=1S/C8H16FNO2S/c9-8(5-10)4-7-2-1-3-13(11,12)6-7/h7-8H,1-6,10H2. The zero-order valence-corrected chi connectivity index (χ0v) is 8.39. The van der Waals surface area contributed by atoms with Gasteiger partial charge in [-0.1, -0.05) is 0 Å². The summed E-state index contributed by atoms with van der Waals surface area (Å²) in [5.74, 6) is 0.397. The first-order chi connectivity index (χ1) is 6.03. The van der Waals surface area contributed by atoms with Crippen LogP contribution < -0.4 is 5.73 Å². The van der Waals surface area contributed by atoms with E-state index in [4.69, 9.17) is 5.73 Å². The summed E-state index contributed by atoms with van der Waals surface area (Å²) in [5.41, 5.74) is 5.13. The van der Waals surface area contributed by atoms with Gasteiger partial charge in [-0.05, 0) is 25.2 Å². The van der Waals surface area contributed by atoms with Gasteiger partial charge in [0.15, 0.2) is 9.84 Å². The van der Waals surface area contributed by atoms with Crippen LogP contribution in [0.25, 0.3) is 0 Å². The molecule has 0 bridgehead atoms. The number of halogens is 1. The van der Waals surface area contributed by atoms with Gasteiger partial charge in [-0.2, -0.15) is 0 Å². The van der Waals surface area contributed by atoms with E-state index in [2.05, 4.69) is 0 Å². The Labute approximate surface area is 78.4 Å². The van der Waals surface area contributed by atoms with Crippen LogP contribution in [0.3, 0.4) is 0 Å². The highest BCUT2D eigenvalue weighted by Crippen LogP contribution is 2.23. The highest BCUT2D eigenvalue weighted by atomic mass is 32.2. The third-order valence-corrected chi connectivity index (χ3v) is 4.29. The van der Waals surface area contributed by atoms with Gasteiger partial charge in [-0.25, -0.2) is 12.8 Å². The van der Waals surface area contributed by atoms with Crippen molar-refractivity contribution in [1.29, 1.82) is 0 Å². The molecule has 0 aromatic carbocycles. The van der Waals surface area contributed by atoms with E-state index in [0.717, 1.165) is 6.42 Å². The van der Waals surface area contributed by atoms with E-state index in [1.807, 2.05) is 0 Å². The van der Waals surface area contributed by atoms with E-state index in [-0.39, 0.29) is 24.0 Å². The van der Waals surface area contributed by atoms with Crippen LogP contribution >= 0.6 is 0 Å². The van der Waals surface area contributed by atoms with E-state index >= 15 is 0 Å². The average Bonchev–Trinajstić information content (AvgIpc) is 2.02.